The Morgan fingerprint density at radius 1 is 0.540 bits per heavy atom. The quantitative estimate of drug-likeness (QED) is 0.0950. The van der Waals surface area contributed by atoms with Gasteiger partial charge in [0.25, 0.3) is 0 Å². The van der Waals surface area contributed by atoms with Crippen LogP contribution in [0.1, 0.15) is 155 Å². The maximum absolute atomic E-state index is 10.1. The second-order valence-corrected chi connectivity index (χ2v) is 18.1. The van der Waals surface area contributed by atoms with Crippen molar-refractivity contribution in [3.63, 3.8) is 0 Å². The van der Waals surface area contributed by atoms with Crippen LogP contribution in [0.5, 0.6) is 0 Å². The van der Waals surface area contributed by atoms with E-state index >= 15 is 0 Å². The van der Waals surface area contributed by atoms with Gasteiger partial charge in [0.15, 0.2) is 0 Å². The van der Waals surface area contributed by atoms with Crippen molar-refractivity contribution in [1.82, 2.24) is 0 Å². The molecule has 5 rings (SSSR count). The van der Waals surface area contributed by atoms with Crippen LogP contribution >= 0.6 is 31.9 Å². The van der Waals surface area contributed by atoms with Crippen molar-refractivity contribution in [3.8, 4) is 12.1 Å². The van der Waals surface area contributed by atoms with Gasteiger partial charge in [0.2, 0.25) is 0 Å². The Morgan fingerprint density at radius 2 is 0.905 bits per heavy atom. The number of nitrogens with zero attached hydrogens (tertiary/aromatic N) is 2. The Labute approximate surface area is 396 Å². The molecule has 0 aliphatic carbocycles. The number of halogens is 2. The standard InChI is InChI=1S/C13H17N.C12H15NO.C12H19N.C11H15BrO.C7H5BrO/c1-4-10(2)11(3)13-7-5-12(9-14)6-8-13;1-3-9(2)12(14)11-6-4-10(8-13)5-7-11;1-3-10(2)8-11-4-6-12(9-13)7-5-11;1-3-8(2)11(13)9-4-6-10(12)7-5-9;8-7-3-1-6(5-9)2-4-7/h5-8,10-11H,4H2,1-3H3;4-7,9,12,14H,3H2,1-2H3;4-7,10H,3,8-9,13H2,1-2H3;4-8,11,13H,3H2,1-2H3;1-5H. The maximum atomic E-state index is 10.1. The average Bonchev–Trinajstić information content (AvgIpc) is 3.34. The molecule has 7 unspecified atom stereocenters. The highest BCUT2D eigenvalue weighted by molar-refractivity contribution is 9.10. The number of nitrogens with two attached hydrogens (primary N) is 1. The molecular formula is C55H71Br2N3O3. The summed E-state index contributed by atoms with van der Waals surface area (Å²) in [5.41, 5.74) is 13.5. The largest absolute Gasteiger partial charge is 0.388 e. The molecule has 6 nitrogen and oxygen atoms in total. The predicted octanol–water partition coefficient (Wildman–Crippen LogP) is 14.9. The number of benzene rings is 5. The first-order chi connectivity index (χ1) is 30.1. The summed E-state index contributed by atoms with van der Waals surface area (Å²) in [6.45, 7) is 20.1. The number of hydrogen-bond acceptors (Lipinski definition) is 6. The fourth-order valence-corrected chi connectivity index (χ4v) is 6.49. The van der Waals surface area contributed by atoms with Gasteiger partial charge in [0, 0.05) is 21.1 Å². The first-order valence-corrected chi connectivity index (χ1v) is 23.8. The molecule has 0 saturated carbocycles. The van der Waals surface area contributed by atoms with Gasteiger partial charge in [-0.3, -0.25) is 4.79 Å². The minimum absolute atomic E-state index is 0.253. The van der Waals surface area contributed by atoms with Gasteiger partial charge in [-0.15, -0.1) is 0 Å². The monoisotopic (exact) mass is 979 g/mol. The van der Waals surface area contributed by atoms with E-state index in [-0.39, 0.29) is 12.0 Å². The first-order valence-electron chi connectivity index (χ1n) is 22.2. The molecule has 4 N–H and O–H groups in total. The van der Waals surface area contributed by atoms with Gasteiger partial charge in [-0.1, -0.05) is 193 Å². The molecule has 5 aromatic rings. The minimum Gasteiger partial charge on any atom is -0.388 e. The molecule has 0 spiro atoms. The Bertz CT molecular complexity index is 1970. The zero-order valence-corrected chi connectivity index (χ0v) is 42.1. The highest BCUT2D eigenvalue weighted by atomic mass is 79.9. The number of rotatable bonds is 14. The smallest absolute Gasteiger partial charge is 0.150 e. The van der Waals surface area contributed by atoms with E-state index in [4.69, 9.17) is 16.3 Å². The van der Waals surface area contributed by atoms with Crippen molar-refractivity contribution in [1.29, 1.82) is 10.5 Å². The molecule has 0 saturated heterocycles. The van der Waals surface area contributed by atoms with Crippen LogP contribution in [0.2, 0.25) is 0 Å². The molecule has 0 aliphatic heterocycles. The number of hydrogen-bond donors (Lipinski definition) is 3. The summed E-state index contributed by atoms with van der Waals surface area (Å²) in [4.78, 5) is 10.1. The SMILES string of the molecule is CCC(C)C(C)c1ccc(C#N)cc1.CCC(C)C(O)c1ccc(Br)cc1.CCC(C)C(O)c1ccc(C#N)cc1.CCC(C)Cc1ccc(CN)cc1.O=Cc1ccc(Br)cc1. The third-order valence-electron chi connectivity index (χ3n) is 11.6. The Kier molecular flexibility index (Phi) is 29.0. The van der Waals surface area contributed by atoms with Crippen LogP contribution in [0.3, 0.4) is 0 Å². The third kappa shape index (κ3) is 22.2. The summed E-state index contributed by atoms with van der Waals surface area (Å²) in [5.74, 6) is 2.63. The van der Waals surface area contributed by atoms with Gasteiger partial charge >= 0.3 is 0 Å². The minimum atomic E-state index is -0.423. The lowest BCUT2D eigenvalue weighted by Gasteiger charge is -2.18. The normalized spacial score (nSPS) is 13.5. The van der Waals surface area contributed by atoms with E-state index in [1.807, 2.05) is 67.6 Å². The van der Waals surface area contributed by atoms with E-state index in [2.05, 4.69) is 136 Å². The lowest BCUT2D eigenvalue weighted by molar-refractivity contribution is 0.112. The van der Waals surface area contributed by atoms with Crippen molar-refractivity contribution < 1.29 is 15.0 Å². The van der Waals surface area contributed by atoms with E-state index in [9.17, 15) is 15.0 Å². The van der Waals surface area contributed by atoms with E-state index in [0.717, 1.165) is 50.7 Å². The highest BCUT2D eigenvalue weighted by Crippen LogP contribution is 2.27. The van der Waals surface area contributed by atoms with Crippen LogP contribution in [-0.4, -0.2) is 16.5 Å². The molecule has 0 radical (unpaired) electrons. The molecule has 0 aromatic heterocycles. The summed E-state index contributed by atoms with van der Waals surface area (Å²) in [7, 11) is 0. The number of nitriles is 2. The van der Waals surface area contributed by atoms with Crippen molar-refractivity contribution in [2.75, 3.05) is 0 Å². The number of aliphatic hydroxyl groups is 2. The summed E-state index contributed by atoms with van der Waals surface area (Å²) in [5, 5.41) is 37.0. The van der Waals surface area contributed by atoms with E-state index in [0.29, 0.717) is 35.4 Å². The average molecular weight is 982 g/mol. The number of aliphatic hydroxyl groups excluding tert-OH is 2. The van der Waals surface area contributed by atoms with Crippen molar-refractivity contribution in [3.05, 3.63) is 175 Å². The second kappa shape index (κ2) is 32.3. The van der Waals surface area contributed by atoms with Crippen molar-refractivity contribution >= 4 is 38.1 Å². The second-order valence-electron chi connectivity index (χ2n) is 16.3. The van der Waals surface area contributed by atoms with Crippen LogP contribution in [0.25, 0.3) is 0 Å². The van der Waals surface area contributed by atoms with Gasteiger partial charge in [0.05, 0.1) is 35.5 Å². The lowest BCUT2D eigenvalue weighted by atomic mass is 9.87. The van der Waals surface area contributed by atoms with Crippen LogP contribution in [-0.2, 0) is 13.0 Å². The molecule has 63 heavy (non-hydrogen) atoms. The Morgan fingerprint density at radius 3 is 1.25 bits per heavy atom. The van der Waals surface area contributed by atoms with Gasteiger partial charge in [-0.25, -0.2) is 0 Å². The van der Waals surface area contributed by atoms with Crippen LogP contribution in [0, 0.1) is 46.3 Å². The third-order valence-corrected chi connectivity index (χ3v) is 12.6. The molecule has 0 heterocycles. The Hall–Kier alpha value is -4.41. The van der Waals surface area contributed by atoms with E-state index < -0.39 is 6.10 Å². The molecule has 7 atom stereocenters. The maximum Gasteiger partial charge on any atom is 0.150 e. The molecule has 0 aliphatic rings. The Balaban J connectivity index is 0.000000396. The fraction of sp³-hybridized carbons (Fsp3) is 0.400. The van der Waals surface area contributed by atoms with Crippen molar-refractivity contribution in [2.45, 2.75) is 119 Å². The summed E-state index contributed by atoms with van der Waals surface area (Å²) in [6.07, 6.45) is 5.64. The number of carbonyl (C=O) groups is 1. The van der Waals surface area contributed by atoms with Crippen LogP contribution < -0.4 is 5.73 Å². The number of aldehydes is 1. The lowest BCUT2D eigenvalue weighted by Crippen LogP contribution is -2.07. The molecule has 338 valence electrons. The van der Waals surface area contributed by atoms with Gasteiger partial charge in [-0.2, -0.15) is 10.5 Å². The molecule has 0 bridgehead atoms. The predicted molar refractivity (Wildman–Crippen MR) is 270 cm³/mol. The van der Waals surface area contributed by atoms with E-state index in [1.165, 1.54) is 36.0 Å². The van der Waals surface area contributed by atoms with Gasteiger partial charge in [-0.05, 0) is 112 Å². The summed E-state index contributed by atoms with van der Waals surface area (Å²) in [6, 6.07) is 42.9. The molecule has 0 fully saturated rings. The topological polar surface area (TPSA) is 131 Å². The zero-order chi connectivity index (χ0) is 47.3. The van der Waals surface area contributed by atoms with Gasteiger partial charge in [0.1, 0.15) is 6.29 Å². The van der Waals surface area contributed by atoms with Gasteiger partial charge < -0.3 is 15.9 Å². The molecular weight excluding hydrogens is 910 g/mol. The highest BCUT2D eigenvalue weighted by Gasteiger charge is 2.15. The summed E-state index contributed by atoms with van der Waals surface area (Å²) >= 11 is 6.63. The van der Waals surface area contributed by atoms with E-state index in [1.54, 1.807) is 24.3 Å². The molecule has 0 amide bonds. The summed E-state index contributed by atoms with van der Waals surface area (Å²) < 4.78 is 2.04. The molecule has 5 aromatic carbocycles. The fourth-order valence-electron chi connectivity index (χ4n) is 5.96. The van der Waals surface area contributed by atoms with Crippen LogP contribution in [0.15, 0.2) is 130 Å². The van der Waals surface area contributed by atoms with Crippen LogP contribution in [0.4, 0.5) is 0 Å². The number of carbonyl (C=O) groups excluding carboxylic acids is 1. The van der Waals surface area contributed by atoms with Crippen molar-refractivity contribution in [2.24, 2.45) is 29.4 Å². The zero-order valence-electron chi connectivity index (χ0n) is 38.9. The molecule has 8 heteroatoms. The first kappa shape index (κ1) is 56.6.